The summed E-state index contributed by atoms with van der Waals surface area (Å²) in [5, 5.41) is 3.22. The zero-order valence-corrected chi connectivity index (χ0v) is 10.1. The van der Waals surface area contributed by atoms with Crippen LogP contribution in [0.1, 0.15) is 5.56 Å². The topological polar surface area (TPSA) is 12.0 Å². The molecule has 1 heterocycles. The van der Waals surface area contributed by atoms with Gasteiger partial charge < -0.3 is 5.32 Å². The second-order valence-corrected chi connectivity index (χ2v) is 5.21. The van der Waals surface area contributed by atoms with E-state index in [0.717, 1.165) is 27.3 Å². The van der Waals surface area contributed by atoms with Gasteiger partial charge in [-0.1, -0.05) is 28.1 Å². The Hall–Kier alpha value is -0.0600. The summed E-state index contributed by atoms with van der Waals surface area (Å²) in [6, 6.07) is 6.24. The third kappa shape index (κ3) is 2.06. The van der Waals surface area contributed by atoms with Crippen molar-refractivity contribution in [1.82, 2.24) is 5.32 Å². The van der Waals surface area contributed by atoms with E-state index in [2.05, 4.69) is 39.4 Å². The Morgan fingerprint density at radius 1 is 1.46 bits per heavy atom. The lowest BCUT2D eigenvalue weighted by Crippen LogP contribution is -2.22. The minimum Gasteiger partial charge on any atom is -0.375 e. The maximum absolute atomic E-state index is 5.26. The first-order valence-electron chi connectivity index (χ1n) is 3.98. The molecule has 1 aromatic carbocycles. The van der Waals surface area contributed by atoms with Crippen LogP contribution >= 0.6 is 39.9 Å². The molecule has 0 fully saturated rings. The Balaban J connectivity index is 2.49. The van der Waals surface area contributed by atoms with Crippen molar-refractivity contribution in [2.24, 2.45) is 0 Å². The fraction of sp³-hybridized carbons (Fsp3) is 0.222. The minimum atomic E-state index is 0.862. The zero-order valence-electron chi connectivity index (χ0n) is 6.84. The van der Waals surface area contributed by atoms with Crippen LogP contribution in [0.4, 0.5) is 0 Å². The van der Waals surface area contributed by atoms with Gasteiger partial charge in [-0.2, -0.15) is 0 Å². The van der Waals surface area contributed by atoms with E-state index in [4.69, 9.17) is 12.2 Å². The van der Waals surface area contributed by atoms with E-state index in [1.54, 1.807) is 0 Å². The Morgan fingerprint density at radius 2 is 2.31 bits per heavy atom. The van der Waals surface area contributed by atoms with Crippen molar-refractivity contribution in [3.8, 4) is 0 Å². The molecule has 2 rings (SSSR count). The Labute approximate surface area is 95.4 Å². The molecular formula is C9H8BrNS2. The van der Waals surface area contributed by atoms with Gasteiger partial charge in [0.1, 0.15) is 4.99 Å². The summed E-state index contributed by atoms with van der Waals surface area (Å²) >= 11 is 10.6. The lowest BCUT2D eigenvalue weighted by Gasteiger charge is -2.05. The molecule has 1 aliphatic heterocycles. The minimum absolute atomic E-state index is 0.862. The number of nitrogens with one attached hydrogen (secondary N) is 1. The fourth-order valence-corrected chi connectivity index (χ4v) is 2.83. The number of halogens is 1. The van der Waals surface area contributed by atoms with Gasteiger partial charge in [-0.25, -0.2) is 0 Å². The van der Waals surface area contributed by atoms with Gasteiger partial charge in [-0.3, -0.25) is 0 Å². The molecule has 0 atom stereocenters. The summed E-state index contributed by atoms with van der Waals surface area (Å²) in [5.74, 6) is 1.08. The molecule has 4 heteroatoms. The van der Waals surface area contributed by atoms with Gasteiger partial charge in [0.2, 0.25) is 0 Å². The highest BCUT2D eigenvalue weighted by Gasteiger charge is 2.11. The molecule has 0 spiro atoms. The van der Waals surface area contributed by atoms with Crippen molar-refractivity contribution in [2.45, 2.75) is 4.90 Å². The quantitative estimate of drug-likeness (QED) is 0.731. The van der Waals surface area contributed by atoms with Crippen LogP contribution in [0.15, 0.2) is 27.6 Å². The van der Waals surface area contributed by atoms with Crippen LogP contribution in [0.25, 0.3) is 0 Å². The first kappa shape index (κ1) is 9.49. The van der Waals surface area contributed by atoms with Crippen molar-refractivity contribution in [3.63, 3.8) is 0 Å². The highest BCUT2D eigenvalue weighted by Crippen LogP contribution is 2.27. The molecule has 0 saturated carbocycles. The summed E-state index contributed by atoms with van der Waals surface area (Å²) in [4.78, 5) is 2.14. The average molecular weight is 274 g/mol. The molecule has 0 saturated heterocycles. The van der Waals surface area contributed by atoms with Crippen LogP contribution in [0.5, 0.6) is 0 Å². The molecule has 0 unspecified atom stereocenters. The summed E-state index contributed by atoms with van der Waals surface area (Å²) in [7, 11) is 0. The molecule has 1 aromatic rings. The molecule has 68 valence electrons. The maximum atomic E-state index is 5.26. The summed E-state index contributed by atoms with van der Waals surface area (Å²) in [6.45, 7) is 0.954. The van der Waals surface area contributed by atoms with Crippen molar-refractivity contribution < 1.29 is 0 Å². The van der Waals surface area contributed by atoms with Gasteiger partial charge in [0.25, 0.3) is 0 Å². The van der Waals surface area contributed by atoms with Gasteiger partial charge >= 0.3 is 0 Å². The van der Waals surface area contributed by atoms with E-state index in [1.165, 1.54) is 4.90 Å². The Kier molecular flexibility index (Phi) is 2.91. The standard InChI is InChI=1S/C9H8BrNS2/c10-6-1-2-8-7(5-6)9(12)11-3-4-13-8/h1-2,5H,3-4H2,(H,11,12). The van der Waals surface area contributed by atoms with E-state index < -0.39 is 0 Å². The van der Waals surface area contributed by atoms with E-state index in [0.29, 0.717) is 0 Å². The highest BCUT2D eigenvalue weighted by atomic mass is 79.9. The van der Waals surface area contributed by atoms with E-state index in [1.807, 2.05) is 11.8 Å². The predicted octanol–water partition coefficient (Wildman–Crippen LogP) is 2.82. The molecule has 1 nitrogen and oxygen atoms in total. The lowest BCUT2D eigenvalue weighted by atomic mass is 10.2. The summed E-state index contributed by atoms with van der Waals surface area (Å²) in [5.41, 5.74) is 1.15. The summed E-state index contributed by atoms with van der Waals surface area (Å²) in [6.07, 6.45) is 0. The monoisotopic (exact) mass is 273 g/mol. The number of thiocarbonyl (C=S) groups is 1. The Bertz CT molecular complexity index is 351. The number of hydrogen-bond acceptors (Lipinski definition) is 2. The molecule has 0 aliphatic carbocycles. The maximum Gasteiger partial charge on any atom is 0.107 e. The SMILES string of the molecule is S=C1NCCSc2ccc(Br)cc21. The number of rotatable bonds is 0. The zero-order chi connectivity index (χ0) is 9.26. The van der Waals surface area contributed by atoms with Crippen LogP contribution in [-0.2, 0) is 0 Å². The second-order valence-electron chi connectivity index (χ2n) is 2.74. The van der Waals surface area contributed by atoms with E-state index in [9.17, 15) is 0 Å². The number of fused-ring (bicyclic) bond motifs is 1. The Morgan fingerprint density at radius 3 is 3.15 bits per heavy atom. The number of hydrogen-bond donors (Lipinski definition) is 1. The van der Waals surface area contributed by atoms with Gasteiger partial charge in [0, 0.05) is 27.2 Å². The van der Waals surface area contributed by atoms with E-state index >= 15 is 0 Å². The van der Waals surface area contributed by atoms with Crippen LogP contribution in [-0.4, -0.2) is 17.3 Å². The first-order chi connectivity index (χ1) is 6.27. The highest BCUT2D eigenvalue weighted by molar-refractivity contribution is 9.10. The van der Waals surface area contributed by atoms with Gasteiger partial charge in [0.05, 0.1) is 0 Å². The summed E-state index contributed by atoms with van der Waals surface area (Å²) < 4.78 is 1.08. The first-order valence-corrected chi connectivity index (χ1v) is 6.16. The third-order valence-corrected chi connectivity index (χ3v) is 3.76. The van der Waals surface area contributed by atoms with Crippen molar-refractivity contribution in [1.29, 1.82) is 0 Å². The molecule has 0 amide bonds. The second kappa shape index (κ2) is 3.98. The van der Waals surface area contributed by atoms with Crippen molar-refractivity contribution in [3.05, 3.63) is 28.2 Å². The normalized spacial score (nSPS) is 15.9. The van der Waals surface area contributed by atoms with Crippen LogP contribution in [0.3, 0.4) is 0 Å². The predicted molar refractivity (Wildman–Crippen MR) is 64.6 cm³/mol. The molecule has 1 aliphatic rings. The molecule has 0 bridgehead atoms. The van der Waals surface area contributed by atoms with Crippen LogP contribution in [0.2, 0.25) is 0 Å². The van der Waals surface area contributed by atoms with Gasteiger partial charge in [-0.05, 0) is 18.2 Å². The van der Waals surface area contributed by atoms with Crippen LogP contribution in [0, 0.1) is 0 Å². The largest absolute Gasteiger partial charge is 0.375 e. The third-order valence-electron chi connectivity index (χ3n) is 1.83. The van der Waals surface area contributed by atoms with Gasteiger partial charge in [0.15, 0.2) is 0 Å². The lowest BCUT2D eigenvalue weighted by molar-refractivity contribution is 1.000. The van der Waals surface area contributed by atoms with Crippen molar-refractivity contribution in [2.75, 3.05) is 12.3 Å². The fourth-order valence-electron chi connectivity index (χ4n) is 1.23. The average Bonchev–Trinajstić information content (AvgIpc) is 2.29. The molecule has 13 heavy (non-hydrogen) atoms. The van der Waals surface area contributed by atoms with Gasteiger partial charge in [-0.15, -0.1) is 11.8 Å². The van der Waals surface area contributed by atoms with Crippen molar-refractivity contribution >= 4 is 44.9 Å². The number of benzene rings is 1. The van der Waals surface area contributed by atoms with Crippen LogP contribution < -0.4 is 5.32 Å². The molecule has 1 N–H and O–H groups in total. The molecular weight excluding hydrogens is 266 g/mol. The molecule has 0 aromatic heterocycles. The smallest absolute Gasteiger partial charge is 0.107 e. The number of thioether (sulfide) groups is 1. The van der Waals surface area contributed by atoms with E-state index in [-0.39, 0.29) is 0 Å². The molecule has 0 radical (unpaired) electrons.